The number of thiophene rings is 1. The van der Waals surface area contributed by atoms with Gasteiger partial charge in [-0.25, -0.2) is 13.1 Å². The van der Waals surface area contributed by atoms with E-state index in [2.05, 4.69) is 20.7 Å². The molecule has 114 valence electrons. The Morgan fingerprint density at radius 1 is 1.50 bits per heavy atom. The van der Waals surface area contributed by atoms with Gasteiger partial charge in [-0.2, -0.15) is 0 Å². The summed E-state index contributed by atoms with van der Waals surface area (Å²) in [5, 5.41) is 0. The zero-order chi connectivity index (χ0) is 15.3. The van der Waals surface area contributed by atoms with Crippen molar-refractivity contribution in [3.63, 3.8) is 0 Å². The standard InChI is InChI=1S/C12H19BrN2O3S2/c1-4-9(2)15(10(3)16)8-7-14-20(17,18)12-6-5-11(13)19-12/h5-6,9,14H,4,7-8H2,1-3H3. The van der Waals surface area contributed by atoms with Crippen LogP contribution in [0.5, 0.6) is 0 Å². The topological polar surface area (TPSA) is 66.5 Å². The predicted molar refractivity (Wildman–Crippen MR) is 84.3 cm³/mol. The van der Waals surface area contributed by atoms with Crippen molar-refractivity contribution in [3.05, 3.63) is 15.9 Å². The molecule has 0 saturated carbocycles. The molecule has 0 aliphatic rings. The lowest BCUT2D eigenvalue weighted by atomic mass is 10.2. The van der Waals surface area contributed by atoms with Crippen molar-refractivity contribution in [1.29, 1.82) is 0 Å². The summed E-state index contributed by atoms with van der Waals surface area (Å²) in [6, 6.07) is 3.35. The lowest BCUT2D eigenvalue weighted by Crippen LogP contribution is -2.42. The highest BCUT2D eigenvalue weighted by Crippen LogP contribution is 2.25. The van der Waals surface area contributed by atoms with E-state index in [0.29, 0.717) is 6.54 Å². The lowest BCUT2D eigenvalue weighted by molar-refractivity contribution is -0.130. The highest BCUT2D eigenvalue weighted by atomic mass is 79.9. The lowest BCUT2D eigenvalue weighted by Gasteiger charge is -2.27. The zero-order valence-corrected chi connectivity index (χ0v) is 14.9. The molecule has 1 heterocycles. The molecular formula is C12H19BrN2O3S2. The molecule has 1 aromatic heterocycles. The number of carbonyl (C=O) groups excluding carboxylic acids is 1. The van der Waals surface area contributed by atoms with Gasteiger partial charge in [-0.1, -0.05) is 6.92 Å². The number of halogens is 1. The van der Waals surface area contributed by atoms with Crippen LogP contribution < -0.4 is 4.72 Å². The molecule has 1 aromatic rings. The van der Waals surface area contributed by atoms with Gasteiger partial charge in [0.25, 0.3) is 0 Å². The fraction of sp³-hybridized carbons (Fsp3) is 0.583. The molecule has 8 heteroatoms. The van der Waals surface area contributed by atoms with Gasteiger partial charge in [0.05, 0.1) is 3.79 Å². The summed E-state index contributed by atoms with van der Waals surface area (Å²) in [6.07, 6.45) is 0.838. The van der Waals surface area contributed by atoms with E-state index in [-0.39, 0.29) is 22.7 Å². The van der Waals surface area contributed by atoms with Crippen LogP contribution in [0.2, 0.25) is 0 Å². The minimum Gasteiger partial charge on any atom is -0.339 e. The Bertz CT molecular complexity index is 557. The average molecular weight is 383 g/mol. The third-order valence-electron chi connectivity index (χ3n) is 2.99. The van der Waals surface area contributed by atoms with E-state index in [9.17, 15) is 13.2 Å². The van der Waals surface area contributed by atoms with Gasteiger partial charge in [0.1, 0.15) is 4.21 Å². The SMILES string of the molecule is CCC(C)N(CCNS(=O)(=O)c1ccc(Br)s1)C(C)=O. The van der Waals surface area contributed by atoms with Crippen molar-refractivity contribution in [2.75, 3.05) is 13.1 Å². The average Bonchev–Trinajstić information content (AvgIpc) is 2.81. The summed E-state index contributed by atoms with van der Waals surface area (Å²) in [6.45, 7) is 6.02. The fourth-order valence-electron chi connectivity index (χ4n) is 1.72. The van der Waals surface area contributed by atoms with E-state index >= 15 is 0 Å². The van der Waals surface area contributed by atoms with Gasteiger partial charge < -0.3 is 4.90 Å². The van der Waals surface area contributed by atoms with E-state index in [1.807, 2.05) is 13.8 Å². The molecular weight excluding hydrogens is 364 g/mol. The van der Waals surface area contributed by atoms with E-state index in [4.69, 9.17) is 0 Å². The van der Waals surface area contributed by atoms with Gasteiger partial charge in [0.15, 0.2) is 0 Å². The highest BCUT2D eigenvalue weighted by Gasteiger charge is 2.18. The number of amides is 1. The van der Waals surface area contributed by atoms with Crippen molar-refractivity contribution in [2.24, 2.45) is 0 Å². The molecule has 1 unspecified atom stereocenters. The highest BCUT2D eigenvalue weighted by molar-refractivity contribution is 9.11. The van der Waals surface area contributed by atoms with Crippen molar-refractivity contribution >= 4 is 43.2 Å². The second-order valence-electron chi connectivity index (χ2n) is 4.43. The first-order chi connectivity index (χ1) is 9.27. The minimum atomic E-state index is -3.49. The quantitative estimate of drug-likeness (QED) is 0.787. The number of carbonyl (C=O) groups is 1. The number of hydrogen-bond donors (Lipinski definition) is 1. The smallest absolute Gasteiger partial charge is 0.250 e. The molecule has 1 atom stereocenters. The molecule has 0 aromatic carbocycles. The predicted octanol–water partition coefficient (Wildman–Crippen LogP) is 2.44. The van der Waals surface area contributed by atoms with Crippen LogP contribution in [0.3, 0.4) is 0 Å². The van der Waals surface area contributed by atoms with E-state index in [1.54, 1.807) is 17.0 Å². The maximum Gasteiger partial charge on any atom is 0.250 e. The second kappa shape index (κ2) is 7.53. The van der Waals surface area contributed by atoms with Gasteiger partial charge in [-0.05, 0) is 41.4 Å². The zero-order valence-electron chi connectivity index (χ0n) is 11.7. The van der Waals surface area contributed by atoms with E-state index in [0.717, 1.165) is 21.5 Å². The molecule has 0 saturated heterocycles. The number of rotatable bonds is 7. The third kappa shape index (κ3) is 4.83. The minimum absolute atomic E-state index is 0.0441. The van der Waals surface area contributed by atoms with Gasteiger partial charge in [0.2, 0.25) is 15.9 Å². The summed E-state index contributed by atoms with van der Waals surface area (Å²) >= 11 is 4.39. The molecule has 0 fully saturated rings. The Morgan fingerprint density at radius 2 is 2.15 bits per heavy atom. The second-order valence-corrected chi connectivity index (χ2v) is 8.88. The van der Waals surface area contributed by atoms with Crippen LogP contribution in [-0.2, 0) is 14.8 Å². The summed E-state index contributed by atoms with van der Waals surface area (Å²) in [7, 11) is -3.49. The maximum atomic E-state index is 12.0. The maximum absolute atomic E-state index is 12.0. The molecule has 0 spiro atoms. The molecule has 0 aliphatic carbocycles. The van der Waals surface area contributed by atoms with Crippen LogP contribution in [0.25, 0.3) is 0 Å². The first-order valence-electron chi connectivity index (χ1n) is 6.30. The number of sulfonamides is 1. The van der Waals surface area contributed by atoms with Gasteiger partial charge >= 0.3 is 0 Å². The molecule has 1 N–H and O–H groups in total. The van der Waals surface area contributed by atoms with Gasteiger partial charge in [-0.15, -0.1) is 11.3 Å². The first-order valence-corrected chi connectivity index (χ1v) is 9.39. The molecule has 1 rings (SSSR count). The molecule has 5 nitrogen and oxygen atoms in total. The Labute approximate surface area is 132 Å². The molecule has 0 radical (unpaired) electrons. The number of hydrogen-bond acceptors (Lipinski definition) is 4. The summed E-state index contributed by atoms with van der Waals surface area (Å²) in [4.78, 5) is 13.2. The van der Waals surface area contributed by atoms with Crippen molar-refractivity contribution < 1.29 is 13.2 Å². The van der Waals surface area contributed by atoms with Gasteiger partial charge in [-0.3, -0.25) is 4.79 Å². The fourth-order valence-corrected chi connectivity index (χ4v) is 4.80. The first kappa shape index (κ1) is 17.6. The Morgan fingerprint density at radius 3 is 2.60 bits per heavy atom. The van der Waals surface area contributed by atoms with Crippen LogP contribution in [-0.4, -0.2) is 38.4 Å². The van der Waals surface area contributed by atoms with Crippen molar-refractivity contribution in [3.8, 4) is 0 Å². The van der Waals surface area contributed by atoms with Crippen molar-refractivity contribution in [2.45, 2.75) is 37.4 Å². The van der Waals surface area contributed by atoms with Crippen LogP contribution in [0.1, 0.15) is 27.2 Å². The monoisotopic (exact) mass is 382 g/mol. The Kier molecular flexibility index (Phi) is 6.63. The van der Waals surface area contributed by atoms with Crippen LogP contribution in [0.4, 0.5) is 0 Å². The molecule has 0 aliphatic heterocycles. The molecule has 20 heavy (non-hydrogen) atoms. The van der Waals surface area contributed by atoms with Crippen LogP contribution in [0.15, 0.2) is 20.1 Å². The van der Waals surface area contributed by atoms with E-state index in [1.165, 1.54) is 6.92 Å². The summed E-state index contributed by atoms with van der Waals surface area (Å²) < 4.78 is 27.6. The Balaban J connectivity index is 2.60. The molecule has 0 bridgehead atoms. The van der Waals surface area contributed by atoms with Crippen LogP contribution in [0, 0.1) is 0 Å². The van der Waals surface area contributed by atoms with E-state index < -0.39 is 10.0 Å². The number of nitrogens with zero attached hydrogens (tertiary/aromatic N) is 1. The summed E-state index contributed by atoms with van der Waals surface area (Å²) in [5.74, 6) is -0.0441. The van der Waals surface area contributed by atoms with Crippen LogP contribution >= 0.6 is 27.3 Å². The van der Waals surface area contributed by atoms with Crippen molar-refractivity contribution in [1.82, 2.24) is 9.62 Å². The third-order valence-corrected chi connectivity index (χ3v) is 6.56. The summed E-state index contributed by atoms with van der Waals surface area (Å²) in [5.41, 5.74) is 0. The number of nitrogens with one attached hydrogen (secondary N) is 1. The normalized spacial score (nSPS) is 13.2. The molecule has 1 amide bonds. The largest absolute Gasteiger partial charge is 0.339 e. The van der Waals surface area contributed by atoms with Gasteiger partial charge in [0, 0.05) is 26.1 Å². The Hall–Kier alpha value is -0.440.